The Kier molecular flexibility index (Phi) is 4.05. The molecule has 1 saturated heterocycles. The molecule has 1 aliphatic heterocycles. The van der Waals surface area contributed by atoms with Gasteiger partial charge in [0.1, 0.15) is 0 Å². The summed E-state index contributed by atoms with van der Waals surface area (Å²) in [5, 5.41) is 0. The van der Waals surface area contributed by atoms with Crippen molar-refractivity contribution in [1.29, 1.82) is 0 Å². The molecular weight excluding hydrogens is 222 g/mol. The van der Waals surface area contributed by atoms with Gasteiger partial charge >= 0.3 is 0 Å². The molecule has 0 radical (unpaired) electrons. The van der Waals surface area contributed by atoms with Gasteiger partial charge in [0, 0.05) is 13.1 Å². The van der Waals surface area contributed by atoms with Crippen LogP contribution < -0.4 is 0 Å². The van der Waals surface area contributed by atoms with Crippen LogP contribution in [0, 0.1) is 12.8 Å². The third kappa shape index (κ3) is 2.74. The Bertz CT molecular complexity index is 402. The van der Waals surface area contributed by atoms with Crippen LogP contribution in [0.15, 0.2) is 24.3 Å². The van der Waals surface area contributed by atoms with E-state index < -0.39 is 0 Å². The van der Waals surface area contributed by atoms with Crippen LogP contribution in [0.25, 0.3) is 0 Å². The molecule has 2 nitrogen and oxygen atoms in total. The Hall–Kier alpha value is -1.31. The van der Waals surface area contributed by atoms with Crippen LogP contribution in [0.3, 0.4) is 0 Å². The van der Waals surface area contributed by atoms with Gasteiger partial charge in [0.25, 0.3) is 0 Å². The van der Waals surface area contributed by atoms with Gasteiger partial charge < -0.3 is 4.90 Å². The summed E-state index contributed by atoms with van der Waals surface area (Å²) in [5.74, 6) is 0.677. The van der Waals surface area contributed by atoms with E-state index in [0.29, 0.717) is 11.8 Å². The molecule has 2 heteroatoms. The second kappa shape index (κ2) is 5.55. The number of benzene rings is 1. The third-order valence-electron chi connectivity index (χ3n) is 3.79. The summed E-state index contributed by atoms with van der Waals surface area (Å²) in [6.07, 6.45) is 2.31. The van der Waals surface area contributed by atoms with Crippen LogP contribution in [0.1, 0.15) is 43.7 Å². The highest BCUT2D eigenvalue weighted by atomic mass is 16.2. The Morgan fingerprint density at radius 1 is 1.11 bits per heavy atom. The molecule has 18 heavy (non-hydrogen) atoms. The van der Waals surface area contributed by atoms with E-state index in [2.05, 4.69) is 45.0 Å². The van der Waals surface area contributed by atoms with Gasteiger partial charge in [-0.05, 0) is 31.2 Å². The molecule has 1 amide bonds. The van der Waals surface area contributed by atoms with Gasteiger partial charge in [0.15, 0.2) is 0 Å². The molecule has 98 valence electrons. The average Bonchev–Trinajstić information content (AvgIpc) is 2.85. The predicted molar refractivity (Wildman–Crippen MR) is 74.6 cm³/mol. The summed E-state index contributed by atoms with van der Waals surface area (Å²) >= 11 is 0. The van der Waals surface area contributed by atoms with Gasteiger partial charge in [-0.1, -0.05) is 43.7 Å². The van der Waals surface area contributed by atoms with Crippen molar-refractivity contribution in [3.63, 3.8) is 0 Å². The molecule has 0 aliphatic carbocycles. The zero-order valence-electron chi connectivity index (χ0n) is 11.6. The quantitative estimate of drug-likeness (QED) is 0.799. The Labute approximate surface area is 110 Å². The Balaban J connectivity index is 2.22. The van der Waals surface area contributed by atoms with Crippen LogP contribution in [0.5, 0.6) is 0 Å². The second-order valence-corrected chi connectivity index (χ2v) is 5.66. The molecule has 1 aromatic carbocycles. The van der Waals surface area contributed by atoms with Gasteiger partial charge in [-0.3, -0.25) is 4.79 Å². The van der Waals surface area contributed by atoms with E-state index in [-0.39, 0.29) is 5.92 Å². The van der Waals surface area contributed by atoms with Crippen molar-refractivity contribution < 1.29 is 4.79 Å². The number of likely N-dealkylation sites (tertiary alicyclic amines) is 1. The summed E-state index contributed by atoms with van der Waals surface area (Å²) in [4.78, 5) is 14.6. The van der Waals surface area contributed by atoms with Crippen LogP contribution >= 0.6 is 0 Å². The third-order valence-corrected chi connectivity index (χ3v) is 3.79. The molecule has 0 saturated carbocycles. The molecule has 1 atom stereocenters. The van der Waals surface area contributed by atoms with Crippen LogP contribution in [-0.4, -0.2) is 23.9 Å². The normalized spacial score (nSPS) is 17.2. The summed E-state index contributed by atoms with van der Waals surface area (Å²) in [6, 6.07) is 8.41. The number of carbonyl (C=O) groups is 1. The number of aryl methyl sites for hydroxylation is 1. The minimum Gasteiger partial charge on any atom is -0.342 e. The minimum atomic E-state index is 0.0173. The molecule has 0 N–H and O–H groups in total. The lowest BCUT2D eigenvalue weighted by Crippen LogP contribution is -2.34. The number of hydrogen-bond acceptors (Lipinski definition) is 1. The topological polar surface area (TPSA) is 20.3 Å². The Morgan fingerprint density at radius 2 is 1.67 bits per heavy atom. The molecule has 1 aromatic rings. The predicted octanol–water partition coefficient (Wildman–Crippen LogP) is 3.36. The van der Waals surface area contributed by atoms with Crippen molar-refractivity contribution in [2.24, 2.45) is 5.92 Å². The fraction of sp³-hybridized carbons (Fsp3) is 0.562. The van der Waals surface area contributed by atoms with Crippen LogP contribution in [0.4, 0.5) is 0 Å². The summed E-state index contributed by atoms with van der Waals surface area (Å²) < 4.78 is 0. The van der Waals surface area contributed by atoms with Gasteiger partial charge in [-0.15, -0.1) is 0 Å². The van der Waals surface area contributed by atoms with Crippen molar-refractivity contribution in [3.05, 3.63) is 35.4 Å². The molecule has 1 heterocycles. The zero-order valence-corrected chi connectivity index (χ0v) is 11.6. The van der Waals surface area contributed by atoms with Gasteiger partial charge in [-0.25, -0.2) is 0 Å². The number of carbonyl (C=O) groups excluding carboxylic acids is 1. The van der Waals surface area contributed by atoms with Crippen molar-refractivity contribution in [3.8, 4) is 0 Å². The average molecular weight is 245 g/mol. The van der Waals surface area contributed by atoms with Gasteiger partial charge in [0.2, 0.25) is 5.91 Å². The molecular formula is C16H23NO. The lowest BCUT2D eigenvalue weighted by atomic mass is 9.87. The molecule has 1 aliphatic rings. The fourth-order valence-corrected chi connectivity index (χ4v) is 2.72. The van der Waals surface area contributed by atoms with E-state index >= 15 is 0 Å². The standard InChI is InChI=1S/C16H23NO/c1-12(2)15(14-8-6-13(3)7-9-14)16(18)17-10-4-5-11-17/h6-9,12,15H,4-5,10-11H2,1-3H3. The van der Waals surface area contributed by atoms with E-state index in [0.717, 1.165) is 31.5 Å². The first kappa shape index (κ1) is 13.1. The first-order valence-corrected chi connectivity index (χ1v) is 6.95. The maximum Gasteiger partial charge on any atom is 0.230 e. The molecule has 0 aromatic heterocycles. The first-order valence-electron chi connectivity index (χ1n) is 6.95. The Morgan fingerprint density at radius 3 is 2.17 bits per heavy atom. The highest BCUT2D eigenvalue weighted by molar-refractivity contribution is 5.84. The monoisotopic (exact) mass is 245 g/mol. The largest absolute Gasteiger partial charge is 0.342 e. The number of nitrogens with zero attached hydrogens (tertiary/aromatic N) is 1. The lowest BCUT2D eigenvalue weighted by Gasteiger charge is -2.26. The maximum atomic E-state index is 12.6. The highest BCUT2D eigenvalue weighted by Crippen LogP contribution is 2.28. The fourth-order valence-electron chi connectivity index (χ4n) is 2.72. The van der Waals surface area contributed by atoms with Crippen molar-refractivity contribution in [2.45, 2.75) is 39.5 Å². The van der Waals surface area contributed by atoms with E-state index in [4.69, 9.17) is 0 Å². The molecule has 0 spiro atoms. The SMILES string of the molecule is Cc1ccc(C(C(=O)N2CCCC2)C(C)C)cc1. The zero-order chi connectivity index (χ0) is 13.1. The maximum absolute atomic E-state index is 12.6. The van der Waals surface area contributed by atoms with E-state index in [1.807, 2.05) is 4.90 Å². The molecule has 1 unspecified atom stereocenters. The van der Waals surface area contributed by atoms with Crippen molar-refractivity contribution in [1.82, 2.24) is 4.90 Å². The molecule has 1 fully saturated rings. The first-order chi connectivity index (χ1) is 8.59. The van der Waals surface area contributed by atoms with Crippen molar-refractivity contribution in [2.75, 3.05) is 13.1 Å². The minimum absolute atomic E-state index is 0.0173. The van der Waals surface area contributed by atoms with Gasteiger partial charge in [-0.2, -0.15) is 0 Å². The number of amides is 1. The van der Waals surface area contributed by atoms with Crippen molar-refractivity contribution >= 4 is 5.91 Å². The van der Waals surface area contributed by atoms with E-state index in [1.165, 1.54) is 5.56 Å². The smallest absolute Gasteiger partial charge is 0.230 e. The number of hydrogen-bond donors (Lipinski definition) is 0. The number of rotatable bonds is 3. The van der Waals surface area contributed by atoms with E-state index in [1.54, 1.807) is 0 Å². The van der Waals surface area contributed by atoms with Crippen LogP contribution in [0.2, 0.25) is 0 Å². The summed E-state index contributed by atoms with van der Waals surface area (Å²) in [6.45, 7) is 8.23. The molecule has 0 bridgehead atoms. The molecule has 2 rings (SSSR count). The van der Waals surface area contributed by atoms with Crippen LogP contribution in [-0.2, 0) is 4.79 Å². The second-order valence-electron chi connectivity index (χ2n) is 5.66. The summed E-state index contributed by atoms with van der Waals surface area (Å²) in [5.41, 5.74) is 2.40. The van der Waals surface area contributed by atoms with E-state index in [9.17, 15) is 4.79 Å². The summed E-state index contributed by atoms with van der Waals surface area (Å²) in [7, 11) is 0. The highest BCUT2D eigenvalue weighted by Gasteiger charge is 2.29. The van der Waals surface area contributed by atoms with Gasteiger partial charge in [0.05, 0.1) is 5.92 Å². The lowest BCUT2D eigenvalue weighted by molar-refractivity contribution is -0.132.